The maximum absolute atomic E-state index is 5.72. The highest BCUT2D eigenvalue weighted by molar-refractivity contribution is 5.79. The molecule has 3 aromatic rings. The van der Waals surface area contributed by atoms with Gasteiger partial charge < -0.3 is 15.4 Å². The number of hydrogen-bond donors (Lipinski definition) is 2. The third kappa shape index (κ3) is 5.87. The van der Waals surface area contributed by atoms with Crippen LogP contribution in [0, 0.1) is 6.92 Å². The van der Waals surface area contributed by atoms with Gasteiger partial charge in [0.15, 0.2) is 5.96 Å². The van der Waals surface area contributed by atoms with Crippen LogP contribution in [0.1, 0.15) is 11.1 Å². The Kier molecular flexibility index (Phi) is 7.07. The lowest BCUT2D eigenvalue weighted by molar-refractivity contribution is 0.322. The summed E-state index contributed by atoms with van der Waals surface area (Å²) in [5, 5.41) is 11.0. The summed E-state index contributed by atoms with van der Waals surface area (Å²) in [6.45, 7) is 4.10. The van der Waals surface area contributed by atoms with Gasteiger partial charge in [-0.1, -0.05) is 35.9 Å². The highest BCUT2D eigenvalue weighted by atomic mass is 16.5. The number of nitrogens with zero attached hydrogens (tertiary/aromatic N) is 3. The van der Waals surface area contributed by atoms with Crippen LogP contribution in [0.2, 0.25) is 0 Å². The van der Waals surface area contributed by atoms with Crippen molar-refractivity contribution in [2.75, 3.05) is 26.7 Å². The topological polar surface area (TPSA) is 63.5 Å². The Balaban J connectivity index is 1.36. The normalized spacial score (nSPS) is 11.3. The van der Waals surface area contributed by atoms with E-state index >= 15 is 0 Å². The van der Waals surface area contributed by atoms with Gasteiger partial charge in [0.2, 0.25) is 0 Å². The molecule has 0 aliphatic heterocycles. The van der Waals surface area contributed by atoms with Gasteiger partial charge >= 0.3 is 0 Å². The van der Waals surface area contributed by atoms with E-state index in [0.717, 1.165) is 30.4 Å². The number of nitrogens with one attached hydrogen (secondary N) is 2. The Hall–Kier alpha value is -3.28. The lowest BCUT2D eigenvalue weighted by atomic mass is 10.2. The molecule has 0 unspecified atom stereocenters. The number of hydrogen-bond acceptors (Lipinski definition) is 3. The van der Waals surface area contributed by atoms with E-state index in [1.165, 1.54) is 11.1 Å². The summed E-state index contributed by atoms with van der Waals surface area (Å²) >= 11 is 0. The SMILES string of the molecule is CN=C(NCCOc1ccc(C)cc1)NCCc1cnn(-c2ccccc2)c1. The van der Waals surface area contributed by atoms with Gasteiger partial charge in [0, 0.05) is 19.8 Å². The molecule has 0 saturated carbocycles. The molecule has 0 aliphatic rings. The first-order valence-electron chi connectivity index (χ1n) is 9.47. The van der Waals surface area contributed by atoms with Crippen molar-refractivity contribution in [3.05, 3.63) is 78.1 Å². The molecule has 0 spiro atoms. The summed E-state index contributed by atoms with van der Waals surface area (Å²) in [5.74, 6) is 1.65. The van der Waals surface area contributed by atoms with E-state index in [2.05, 4.69) is 33.8 Å². The second-order valence-electron chi connectivity index (χ2n) is 6.47. The summed E-state index contributed by atoms with van der Waals surface area (Å²) in [6, 6.07) is 18.2. The number of guanidine groups is 1. The number of para-hydroxylation sites is 1. The van der Waals surface area contributed by atoms with Crippen molar-refractivity contribution >= 4 is 5.96 Å². The first-order chi connectivity index (χ1) is 13.7. The van der Waals surface area contributed by atoms with Crippen molar-refractivity contribution in [3.63, 3.8) is 0 Å². The molecule has 28 heavy (non-hydrogen) atoms. The lowest BCUT2D eigenvalue weighted by Gasteiger charge is -2.12. The van der Waals surface area contributed by atoms with Crippen LogP contribution in [-0.4, -0.2) is 42.5 Å². The third-order valence-corrected chi connectivity index (χ3v) is 4.27. The standard InChI is InChI=1S/C22H27N5O/c1-18-8-10-21(11-9-18)28-15-14-25-22(23-2)24-13-12-19-16-26-27(17-19)20-6-4-3-5-7-20/h3-11,16-17H,12-15H2,1-2H3,(H2,23,24,25). The quantitative estimate of drug-likeness (QED) is 0.360. The summed E-state index contributed by atoms with van der Waals surface area (Å²) in [5.41, 5.74) is 3.46. The molecule has 2 aromatic carbocycles. The monoisotopic (exact) mass is 377 g/mol. The number of rotatable bonds is 8. The number of aliphatic imine (C=N–C) groups is 1. The number of aryl methyl sites for hydroxylation is 1. The summed E-state index contributed by atoms with van der Waals surface area (Å²) in [7, 11) is 1.77. The highest BCUT2D eigenvalue weighted by Crippen LogP contribution is 2.10. The van der Waals surface area contributed by atoms with Crippen molar-refractivity contribution < 1.29 is 4.74 Å². The molecule has 146 valence electrons. The van der Waals surface area contributed by atoms with Crippen molar-refractivity contribution in [1.29, 1.82) is 0 Å². The molecule has 1 heterocycles. The predicted molar refractivity (Wildman–Crippen MR) is 113 cm³/mol. The van der Waals surface area contributed by atoms with Gasteiger partial charge in [-0.3, -0.25) is 4.99 Å². The minimum atomic E-state index is 0.577. The van der Waals surface area contributed by atoms with Gasteiger partial charge in [0.05, 0.1) is 18.4 Å². The van der Waals surface area contributed by atoms with Gasteiger partial charge in [0.25, 0.3) is 0 Å². The van der Waals surface area contributed by atoms with Crippen molar-refractivity contribution in [2.45, 2.75) is 13.3 Å². The Morgan fingerprint density at radius 1 is 1.04 bits per heavy atom. The van der Waals surface area contributed by atoms with Crippen LogP contribution in [0.25, 0.3) is 5.69 Å². The van der Waals surface area contributed by atoms with Crippen molar-refractivity contribution in [1.82, 2.24) is 20.4 Å². The zero-order chi connectivity index (χ0) is 19.6. The molecule has 0 amide bonds. The largest absolute Gasteiger partial charge is 0.492 e. The molecule has 0 aliphatic carbocycles. The molecule has 3 rings (SSSR count). The van der Waals surface area contributed by atoms with Crippen LogP contribution >= 0.6 is 0 Å². The molecule has 6 heteroatoms. The zero-order valence-corrected chi connectivity index (χ0v) is 16.4. The van der Waals surface area contributed by atoms with E-state index in [4.69, 9.17) is 4.74 Å². The van der Waals surface area contributed by atoms with Crippen LogP contribution in [-0.2, 0) is 6.42 Å². The Morgan fingerprint density at radius 3 is 2.54 bits per heavy atom. The summed E-state index contributed by atoms with van der Waals surface area (Å²) in [6.07, 6.45) is 4.83. The van der Waals surface area contributed by atoms with Crippen molar-refractivity contribution in [2.24, 2.45) is 4.99 Å². The summed E-state index contributed by atoms with van der Waals surface area (Å²) in [4.78, 5) is 4.25. The molecular weight excluding hydrogens is 350 g/mol. The third-order valence-electron chi connectivity index (χ3n) is 4.27. The molecule has 0 radical (unpaired) electrons. The molecule has 1 aromatic heterocycles. The molecular formula is C22H27N5O. The lowest BCUT2D eigenvalue weighted by Crippen LogP contribution is -2.40. The fourth-order valence-corrected chi connectivity index (χ4v) is 2.73. The fourth-order valence-electron chi connectivity index (χ4n) is 2.73. The first-order valence-corrected chi connectivity index (χ1v) is 9.47. The maximum atomic E-state index is 5.72. The highest BCUT2D eigenvalue weighted by Gasteiger charge is 2.02. The molecule has 6 nitrogen and oxygen atoms in total. The molecule has 0 atom stereocenters. The number of ether oxygens (including phenoxy) is 1. The van der Waals surface area contributed by atoms with E-state index in [9.17, 15) is 0 Å². The van der Waals surface area contributed by atoms with E-state index in [0.29, 0.717) is 13.2 Å². The predicted octanol–water partition coefficient (Wildman–Crippen LogP) is 2.97. The van der Waals surface area contributed by atoms with Gasteiger partial charge in [-0.25, -0.2) is 4.68 Å². The number of aromatic nitrogens is 2. The van der Waals surface area contributed by atoms with E-state index in [1.54, 1.807) is 7.05 Å². The van der Waals surface area contributed by atoms with Crippen LogP contribution < -0.4 is 15.4 Å². The van der Waals surface area contributed by atoms with Gasteiger partial charge in [-0.05, 0) is 43.2 Å². The second-order valence-corrected chi connectivity index (χ2v) is 6.47. The minimum Gasteiger partial charge on any atom is -0.492 e. The molecule has 0 bridgehead atoms. The smallest absolute Gasteiger partial charge is 0.191 e. The molecule has 0 saturated heterocycles. The Morgan fingerprint density at radius 2 is 1.79 bits per heavy atom. The number of benzene rings is 2. The minimum absolute atomic E-state index is 0.577. The van der Waals surface area contributed by atoms with Crippen LogP contribution in [0.15, 0.2) is 72.0 Å². The average molecular weight is 377 g/mol. The van der Waals surface area contributed by atoms with Gasteiger partial charge in [-0.15, -0.1) is 0 Å². The van der Waals surface area contributed by atoms with Gasteiger partial charge in [0.1, 0.15) is 12.4 Å². The van der Waals surface area contributed by atoms with Crippen molar-refractivity contribution in [3.8, 4) is 11.4 Å². The Bertz CT molecular complexity index is 871. The average Bonchev–Trinajstić information content (AvgIpc) is 3.21. The Labute approximate surface area is 166 Å². The second kappa shape index (κ2) is 10.2. The van der Waals surface area contributed by atoms with Crippen LogP contribution in [0.3, 0.4) is 0 Å². The fraction of sp³-hybridized carbons (Fsp3) is 0.273. The van der Waals surface area contributed by atoms with Gasteiger partial charge in [-0.2, -0.15) is 5.10 Å². The maximum Gasteiger partial charge on any atom is 0.191 e. The van der Waals surface area contributed by atoms with Crippen LogP contribution in [0.4, 0.5) is 0 Å². The van der Waals surface area contributed by atoms with E-state index < -0.39 is 0 Å². The van der Waals surface area contributed by atoms with Crippen LogP contribution in [0.5, 0.6) is 5.75 Å². The zero-order valence-electron chi connectivity index (χ0n) is 16.4. The van der Waals surface area contributed by atoms with E-state index in [1.807, 2.05) is 65.5 Å². The summed E-state index contributed by atoms with van der Waals surface area (Å²) < 4.78 is 7.61. The van der Waals surface area contributed by atoms with E-state index in [-0.39, 0.29) is 0 Å². The molecule has 2 N–H and O–H groups in total. The molecule has 0 fully saturated rings. The first kappa shape index (κ1) is 19.5.